The summed E-state index contributed by atoms with van der Waals surface area (Å²) in [4.78, 5) is 38.4. The normalized spacial score (nSPS) is 40.8. The van der Waals surface area contributed by atoms with Crippen LogP contribution in [0.1, 0.15) is 70.2 Å². The largest absolute Gasteiger partial charge is 0.461 e. The standard InChI is InChI=1S/C29H38O5S/c1-6-27(4)15-23(34-24(32)17-35-21-9-7-20(16-30)8-10-21)28(5)18(2)11-13-29(19(3)26(27)33)14-12-22(31)25(28)29/h6-10,16,18-19,23,25-26,33H,1,11-15,17H2,2-5H3/t18?,19-,23+,25?,26-,27+,28-,29?/m0/s1. The minimum atomic E-state index is -0.668. The van der Waals surface area contributed by atoms with E-state index < -0.39 is 23.0 Å². The summed E-state index contributed by atoms with van der Waals surface area (Å²) in [6.07, 6.45) is 5.06. The molecule has 35 heavy (non-hydrogen) atoms. The number of rotatable bonds is 6. The number of Topliss-reactive ketones (excluding diaryl/α,β-unsaturated/α-hetero) is 1. The Hall–Kier alpha value is -1.92. The maximum absolute atomic E-state index is 13.4. The van der Waals surface area contributed by atoms with Crippen molar-refractivity contribution >= 4 is 29.8 Å². The maximum Gasteiger partial charge on any atom is 0.316 e. The molecule has 0 radical (unpaired) electrons. The SMILES string of the molecule is C=C[C@]1(C)C[C@@H](OC(=O)CSc2ccc(C=O)cc2)[C@]2(C)C(C)CCC3(CCC(=O)C32)[C@@H](C)[C@@H]1O. The third-order valence-electron chi connectivity index (χ3n) is 9.95. The molecular weight excluding hydrogens is 460 g/mol. The topological polar surface area (TPSA) is 80.7 Å². The smallest absolute Gasteiger partial charge is 0.316 e. The Morgan fingerprint density at radius 3 is 2.54 bits per heavy atom. The van der Waals surface area contributed by atoms with E-state index in [0.29, 0.717) is 18.4 Å². The van der Waals surface area contributed by atoms with Crippen molar-refractivity contribution in [2.24, 2.45) is 34.0 Å². The molecule has 190 valence electrons. The zero-order chi connectivity index (χ0) is 25.6. The van der Waals surface area contributed by atoms with Crippen molar-refractivity contribution in [2.45, 2.75) is 76.9 Å². The van der Waals surface area contributed by atoms with Gasteiger partial charge in [0.25, 0.3) is 0 Å². The number of ketones is 1. The predicted octanol–water partition coefficient (Wildman–Crippen LogP) is 5.50. The number of hydrogen-bond donors (Lipinski definition) is 1. The van der Waals surface area contributed by atoms with Gasteiger partial charge < -0.3 is 9.84 Å². The second-order valence-electron chi connectivity index (χ2n) is 11.5. The lowest BCUT2D eigenvalue weighted by atomic mass is 9.44. The highest BCUT2D eigenvalue weighted by Gasteiger charge is 2.68. The van der Waals surface area contributed by atoms with Crippen LogP contribution >= 0.6 is 11.8 Å². The van der Waals surface area contributed by atoms with E-state index in [0.717, 1.165) is 30.4 Å². The fraction of sp³-hybridized carbons (Fsp3) is 0.621. The third-order valence-corrected chi connectivity index (χ3v) is 10.9. The first kappa shape index (κ1) is 26.2. The van der Waals surface area contributed by atoms with Gasteiger partial charge in [-0.25, -0.2) is 0 Å². The summed E-state index contributed by atoms with van der Waals surface area (Å²) >= 11 is 1.37. The molecule has 1 aromatic rings. The number of aliphatic hydroxyl groups is 1. The molecule has 0 aliphatic heterocycles. The van der Waals surface area contributed by atoms with Crippen LogP contribution in [0.3, 0.4) is 0 Å². The quantitative estimate of drug-likeness (QED) is 0.241. The molecule has 0 heterocycles. The van der Waals surface area contributed by atoms with Gasteiger partial charge in [-0.1, -0.05) is 45.9 Å². The Morgan fingerprint density at radius 1 is 1.23 bits per heavy atom. The van der Waals surface area contributed by atoms with Gasteiger partial charge in [-0.15, -0.1) is 18.3 Å². The molecule has 0 saturated heterocycles. The minimum absolute atomic E-state index is 0.0460. The number of thioether (sulfide) groups is 1. The van der Waals surface area contributed by atoms with Crippen LogP contribution in [0, 0.1) is 34.0 Å². The van der Waals surface area contributed by atoms with Gasteiger partial charge in [0.2, 0.25) is 0 Å². The van der Waals surface area contributed by atoms with Crippen LogP contribution in [0.25, 0.3) is 0 Å². The Morgan fingerprint density at radius 2 is 1.91 bits per heavy atom. The molecule has 1 N–H and O–H groups in total. The molecule has 0 spiro atoms. The molecule has 3 saturated carbocycles. The van der Waals surface area contributed by atoms with Gasteiger partial charge in [0, 0.05) is 33.6 Å². The number of ether oxygens (including phenoxy) is 1. The zero-order valence-corrected chi connectivity index (χ0v) is 22.1. The predicted molar refractivity (Wildman–Crippen MR) is 137 cm³/mol. The number of benzene rings is 1. The summed E-state index contributed by atoms with van der Waals surface area (Å²) < 4.78 is 6.26. The van der Waals surface area contributed by atoms with Crippen LogP contribution in [0.5, 0.6) is 0 Å². The summed E-state index contributed by atoms with van der Waals surface area (Å²) in [5, 5.41) is 11.6. The lowest BCUT2D eigenvalue weighted by Crippen LogP contribution is -2.63. The molecule has 2 bridgehead atoms. The molecule has 3 aliphatic carbocycles. The van der Waals surface area contributed by atoms with Gasteiger partial charge in [0.05, 0.1) is 11.9 Å². The fourth-order valence-corrected chi connectivity index (χ4v) is 8.16. The third kappa shape index (κ3) is 4.21. The van der Waals surface area contributed by atoms with Crippen LogP contribution in [0.4, 0.5) is 0 Å². The number of hydrogen-bond acceptors (Lipinski definition) is 6. The van der Waals surface area contributed by atoms with E-state index in [2.05, 4.69) is 27.4 Å². The van der Waals surface area contributed by atoms with Crippen LogP contribution in [0.2, 0.25) is 0 Å². The van der Waals surface area contributed by atoms with Gasteiger partial charge in [-0.2, -0.15) is 0 Å². The Balaban J connectivity index is 1.65. The second-order valence-corrected chi connectivity index (χ2v) is 12.6. The van der Waals surface area contributed by atoms with Crippen molar-refractivity contribution in [2.75, 3.05) is 5.75 Å². The summed E-state index contributed by atoms with van der Waals surface area (Å²) in [6.45, 7) is 12.5. The van der Waals surface area contributed by atoms with Gasteiger partial charge in [-0.05, 0) is 55.1 Å². The maximum atomic E-state index is 13.4. The molecule has 5 nitrogen and oxygen atoms in total. The van der Waals surface area contributed by atoms with Crippen molar-refractivity contribution < 1.29 is 24.2 Å². The van der Waals surface area contributed by atoms with Crippen molar-refractivity contribution in [3.63, 3.8) is 0 Å². The lowest BCUT2D eigenvalue weighted by molar-refractivity contribution is -0.205. The second kappa shape index (κ2) is 9.51. The number of carbonyl (C=O) groups excluding carboxylic acids is 3. The van der Waals surface area contributed by atoms with E-state index >= 15 is 0 Å². The van der Waals surface area contributed by atoms with Crippen LogP contribution in [0.15, 0.2) is 41.8 Å². The van der Waals surface area contributed by atoms with E-state index in [-0.39, 0.29) is 40.7 Å². The summed E-state index contributed by atoms with van der Waals surface area (Å²) in [6, 6.07) is 7.09. The van der Waals surface area contributed by atoms with Gasteiger partial charge in [-0.3, -0.25) is 14.4 Å². The molecule has 6 heteroatoms. The molecule has 4 rings (SSSR count). The molecule has 3 aliphatic rings. The number of aldehydes is 1. The first-order valence-electron chi connectivity index (χ1n) is 12.7. The highest BCUT2D eigenvalue weighted by molar-refractivity contribution is 8.00. The number of esters is 1. The van der Waals surface area contributed by atoms with E-state index in [1.54, 1.807) is 12.1 Å². The average Bonchev–Trinajstić information content (AvgIpc) is 3.21. The Kier molecular flexibility index (Phi) is 7.11. The Bertz CT molecular complexity index is 1000. The minimum Gasteiger partial charge on any atom is -0.461 e. The molecule has 3 unspecified atom stereocenters. The monoisotopic (exact) mass is 498 g/mol. The fourth-order valence-electron chi connectivity index (χ4n) is 7.48. The van der Waals surface area contributed by atoms with Gasteiger partial charge >= 0.3 is 5.97 Å². The van der Waals surface area contributed by atoms with E-state index in [1.165, 1.54) is 11.8 Å². The number of carbonyl (C=O) groups is 3. The van der Waals surface area contributed by atoms with Crippen molar-refractivity contribution in [3.05, 3.63) is 42.5 Å². The van der Waals surface area contributed by atoms with E-state index in [4.69, 9.17) is 4.74 Å². The molecular formula is C29H38O5S. The highest BCUT2D eigenvalue weighted by Crippen LogP contribution is 2.68. The Labute approximate surface area is 213 Å². The van der Waals surface area contributed by atoms with E-state index in [1.807, 2.05) is 25.1 Å². The average molecular weight is 499 g/mol. The molecule has 8 atom stereocenters. The van der Waals surface area contributed by atoms with Crippen molar-refractivity contribution in [1.82, 2.24) is 0 Å². The van der Waals surface area contributed by atoms with Gasteiger partial charge in [0.15, 0.2) is 0 Å². The van der Waals surface area contributed by atoms with Crippen LogP contribution in [-0.4, -0.2) is 41.1 Å². The first-order valence-corrected chi connectivity index (χ1v) is 13.7. The number of aliphatic hydroxyl groups excluding tert-OH is 1. The summed E-state index contributed by atoms with van der Waals surface area (Å²) in [5.74, 6) is -0.000440. The van der Waals surface area contributed by atoms with E-state index in [9.17, 15) is 19.5 Å². The summed E-state index contributed by atoms with van der Waals surface area (Å²) in [5.41, 5.74) is -0.824. The van der Waals surface area contributed by atoms with Crippen molar-refractivity contribution in [1.29, 1.82) is 0 Å². The molecule has 1 aromatic carbocycles. The molecule has 0 aromatic heterocycles. The molecule has 0 amide bonds. The summed E-state index contributed by atoms with van der Waals surface area (Å²) in [7, 11) is 0. The van der Waals surface area contributed by atoms with Crippen LogP contribution in [-0.2, 0) is 14.3 Å². The lowest BCUT2D eigenvalue weighted by Gasteiger charge is -2.61. The first-order chi connectivity index (χ1) is 16.5. The highest BCUT2D eigenvalue weighted by atomic mass is 32.2. The van der Waals surface area contributed by atoms with Gasteiger partial charge in [0.1, 0.15) is 18.2 Å². The van der Waals surface area contributed by atoms with Crippen LogP contribution < -0.4 is 0 Å². The molecule has 3 fully saturated rings. The zero-order valence-electron chi connectivity index (χ0n) is 21.3. The van der Waals surface area contributed by atoms with Crippen molar-refractivity contribution in [3.8, 4) is 0 Å².